The highest BCUT2D eigenvalue weighted by molar-refractivity contribution is 5.94. The van der Waals surface area contributed by atoms with Crippen molar-refractivity contribution in [2.24, 2.45) is 0 Å². The molecule has 0 saturated carbocycles. The Labute approximate surface area is 99.8 Å². The summed E-state index contributed by atoms with van der Waals surface area (Å²) in [4.78, 5) is 11.1. The average molecular weight is 230 g/mol. The monoisotopic (exact) mass is 230 g/mol. The van der Waals surface area contributed by atoms with Crippen molar-refractivity contribution in [3.05, 3.63) is 48.3 Å². The van der Waals surface area contributed by atoms with E-state index in [1.165, 1.54) is 0 Å². The molecule has 0 spiro atoms. The third kappa shape index (κ3) is 3.17. The molecule has 0 bridgehead atoms. The van der Waals surface area contributed by atoms with E-state index in [2.05, 4.69) is 5.10 Å². The van der Waals surface area contributed by atoms with Crippen molar-refractivity contribution in [1.29, 1.82) is 0 Å². The summed E-state index contributed by atoms with van der Waals surface area (Å²) in [7, 11) is 0. The van der Waals surface area contributed by atoms with Crippen molar-refractivity contribution >= 4 is 5.78 Å². The molecule has 4 nitrogen and oxygen atoms in total. The van der Waals surface area contributed by atoms with E-state index in [0.29, 0.717) is 18.7 Å². The standard InChI is InChI=1S/C13H14N2O2/c1-11(16)12-3-5-13(6-4-12)17-10-9-15-8-2-7-14-15/h2-8H,9-10H2,1H3. The Bertz CT molecular complexity index is 475. The van der Waals surface area contributed by atoms with Crippen LogP contribution >= 0.6 is 0 Å². The molecule has 1 aromatic heterocycles. The fourth-order valence-corrected chi connectivity index (χ4v) is 1.48. The fourth-order valence-electron chi connectivity index (χ4n) is 1.48. The number of nitrogens with zero attached hydrogens (tertiary/aromatic N) is 2. The fraction of sp³-hybridized carbons (Fsp3) is 0.231. The second kappa shape index (κ2) is 5.30. The molecular weight excluding hydrogens is 216 g/mol. The summed E-state index contributed by atoms with van der Waals surface area (Å²) < 4.78 is 7.35. The average Bonchev–Trinajstić information content (AvgIpc) is 2.83. The molecule has 4 heteroatoms. The second-order valence-electron chi connectivity index (χ2n) is 3.70. The first-order chi connectivity index (χ1) is 8.25. The summed E-state index contributed by atoms with van der Waals surface area (Å²) in [5, 5.41) is 4.08. The van der Waals surface area contributed by atoms with Gasteiger partial charge in [-0.15, -0.1) is 0 Å². The first-order valence-electron chi connectivity index (χ1n) is 5.47. The number of carbonyl (C=O) groups is 1. The minimum atomic E-state index is 0.0630. The highest BCUT2D eigenvalue weighted by Gasteiger charge is 1.99. The van der Waals surface area contributed by atoms with Crippen molar-refractivity contribution in [2.75, 3.05) is 6.61 Å². The highest BCUT2D eigenvalue weighted by atomic mass is 16.5. The molecule has 0 aliphatic rings. The molecule has 0 N–H and O–H groups in total. The van der Waals surface area contributed by atoms with Gasteiger partial charge in [-0.1, -0.05) is 0 Å². The van der Waals surface area contributed by atoms with Gasteiger partial charge in [-0.2, -0.15) is 5.10 Å². The minimum Gasteiger partial charge on any atom is -0.492 e. The number of aromatic nitrogens is 2. The molecule has 0 atom stereocenters. The van der Waals surface area contributed by atoms with Gasteiger partial charge in [0.25, 0.3) is 0 Å². The molecule has 0 unspecified atom stereocenters. The van der Waals surface area contributed by atoms with Crippen molar-refractivity contribution in [3.63, 3.8) is 0 Å². The van der Waals surface area contributed by atoms with Crippen molar-refractivity contribution in [3.8, 4) is 5.75 Å². The lowest BCUT2D eigenvalue weighted by molar-refractivity contribution is 0.101. The molecule has 0 amide bonds. The maximum absolute atomic E-state index is 11.1. The van der Waals surface area contributed by atoms with Crippen LogP contribution in [0, 0.1) is 0 Å². The Morgan fingerprint density at radius 3 is 2.71 bits per heavy atom. The summed E-state index contributed by atoms with van der Waals surface area (Å²) in [6.07, 6.45) is 3.63. The van der Waals surface area contributed by atoms with E-state index >= 15 is 0 Å². The molecule has 0 fully saturated rings. The third-order valence-electron chi connectivity index (χ3n) is 2.41. The van der Waals surface area contributed by atoms with Crippen LogP contribution in [0.15, 0.2) is 42.7 Å². The van der Waals surface area contributed by atoms with Crippen LogP contribution in [0.2, 0.25) is 0 Å². The molecule has 2 rings (SSSR count). The largest absolute Gasteiger partial charge is 0.492 e. The maximum atomic E-state index is 11.1. The molecule has 0 radical (unpaired) electrons. The summed E-state index contributed by atoms with van der Waals surface area (Å²) in [5.74, 6) is 0.829. The van der Waals surface area contributed by atoms with Gasteiger partial charge >= 0.3 is 0 Å². The van der Waals surface area contributed by atoms with Crippen LogP contribution in [-0.4, -0.2) is 22.2 Å². The van der Waals surface area contributed by atoms with Gasteiger partial charge < -0.3 is 4.74 Å². The normalized spacial score (nSPS) is 10.2. The van der Waals surface area contributed by atoms with E-state index in [1.54, 1.807) is 37.4 Å². The van der Waals surface area contributed by atoms with E-state index in [1.807, 2.05) is 16.9 Å². The van der Waals surface area contributed by atoms with E-state index in [-0.39, 0.29) is 5.78 Å². The Morgan fingerprint density at radius 2 is 2.12 bits per heavy atom. The molecular formula is C13H14N2O2. The number of carbonyl (C=O) groups excluding carboxylic acids is 1. The lowest BCUT2D eigenvalue weighted by atomic mass is 10.1. The smallest absolute Gasteiger partial charge is 0.159 e. The van der Waals surface area contributed by atoms with E-state index < -0.39 is 0 Å². The molecule has 0 aliphatic heterocycles. The predicted molar refractivity (Wildman–Crippen MR) is 64.2 cm³/mol. The van der Waals surface area contributed by atoms with Gasteiger partial charge in [0, 0.05) is 18.0 Å². The van der Waals surface area contributed by atoms with Gasteiger partial charge in [0.15, 0.2) is 5.78 Å². The Morgan fingerprint density at radius 1 is 1.35 bits per heavy atom. The quantitative estimate of drug-likeness (QED) is 0.739. The van der Waals surface area contributed by atoms with Crippen LogP contribution in [0.1, 0.15) is 17.3 Å². The van der Waals surface area contributed by atoms with Crippen LogP contribution in [0.4, 0.5) is 0 Å². The number of hydrogen-bond donors (Lipinski definition) is 0. The lowest BCUT2D eigenvalue weighted by Crippen LogP contribution is -2.08. The number of ketones is 1. The van der Waals surface area contributed by atoms with Crippen molar-refractivity contribution in [2.45, 2.75) is 13.5 Å². The summed E-state index contributed by atoms with van der Waals surface area (Å²) in [6, 6.07) is 9.03. The highest BCUT2D eigenvalue weighted by Crippen LogP contribution is 2.12. The van der Waals surface area contributed by atoms with Crippen LogP contribution in [0.3, 0.4) is 0 Å². The maximum Gasteiger partial charge on any atom is 0.159 e. The van der Waals surface area contributed by atoms with Gasteiger partial charge in [0.1, 0.15) is 12.4 Å². The minimum absolute atomic E-state index is 0.0630. The number of Topliss-reactive ketones (excluding diaryl/α,β-unsaturated/α-hetero) is 1. The Balaban J connectivity index is 1.85. The van der Waals surface area contributed by atoms with Crippen LogP contribution < -0.4 is 4.74 Å². The molecule has 2 aromatic rings. The number of rotatable bonds is 5. The zero-order chi connectivity index (χ0) is 12.1. The summed E-state index contributed by atoms with van der Waals surface area (Å²) in [6.45, 7) is 2.82. The van der Waals surface area contributed by atoms with E-state index in [0.717, 1.165) is 5.75 Å². The van der Waals surface area contributed by atoms with Crippen LogP contribution in [0.25, 0.3) is 0 Å². The zero-order valence-electron chi connectivity index (χ0n) is 9.67. The number of hydrogen-bond acceptors (Lipinski definition) is 3. The molecule has 1 aromatic carbocycles. The molecule has 0 saturated heterocycles. The zero-order valence-corrected chi connectivity index (χ0v) is 9.67. The van der Waals surface area contributed by atoms with Crippen molar-refractivity contribution < 1.29 is 9.53 Å². The molecule has 1 heterocycles. The first-order valence-corrected chi connectivity index (χ1v) is 5.47. The predicted octanol–water partition coefficient (Wildman–Crippen LogP) is 2.16. The Kier molecular flexibility index (Phi) is 3.55. The van der Waals surface area contributed by atoms with Gasteiger partial charge in [-0.25, -0.2) is 0 Å². The van der Waals surface area contributed by atoms with Crippen LogP contribution in [0.5, 0.6) is 5.75 Å². The Hall–Kier alpha value is -2.10. The van der Waals surface area contributed by atoms with Gasteiger partial charge in [-0.3, -0.25) is 9.48 Å². The van der Waals surface area contributed by atoms with Gasteiger partial charge in [-0.05, 0) is 37.3 Å². The van der Waals surface area contributed by atoms with Crippen LogP contribution in [-0.2, 0) is 6.54 Å². The molecule has 0 aliphatic carbocycles. The van der Waals surface area contributed by atoms with Gasteiger partial charge in [0.05, 0.1) is 6.54 Å². The second-order valence-corrected chi connectivity index (χ2v) is 3.70. The lowest BCUT2D eigenvalue weighted by Gasteiger charge is -2.06. The summed E-state index contributed by atoms with van der Waals surface area (Å²) >= 11 is 0. The van der Waals surface area contributed by atoms with Crippen molar-refractivity contribution in [1.82, 2.24) is 9.78 Å². The SMILES string of the molecule is CC(=O)c1ccc(OCCn2cccn2)cc1. The molecule has 88 valence electrons. The molecule has 17 heavy (non-hydrogen) atoms. The third-order valence-corrected chi connectivity index (χ3v) is 2.41. The van der Waals surface area contributed by atoms with E-state index in [9.17, 15) is 4.79 Å². The first kappa shape index (κ1) is 11.4. The van der Waals surface area contributed by atoms with E-state index in [4.69, 9.17) is 4.74 Å². The topological polar surface area (TPSA) is 44.1 Å². The number of ether oxygens (including phenoxy) is 1. The van der Waals surface area contributed by atoms with Gasteiger partial charge in [0.2, 0.25) is 0 Å². The summed E-state index contributed by atoms with van der Waals surface area (Å²) in [5.41, 5.74) is 0.699. The number of benzene rings is 1.